The number of aliphatic imine (C=N–C) groups is 1. The Morgan fingerprint density at radius 2 is 2.00 bits per heavy atom. The van der Waals surface area contributed by atoms with Crippen LogP contribution in [0.4, 0.5) is 0 Å². The van der Waals surface area contributed by atoms with Crippen LogP contribution in [0.25, 0.3) is 12.2 Å². The maximum Gasteiger partial charge on any atom is 0.198 e. The number of hydrogen-bond donors (Lipinski definition) is 5. The van der Waals surface area contributed by atoms with E-state index in [1.165, 1.54) is 16.7 Å². The molecule has 1 aromatic heterocycles. The fourth-order valence-corrected chi connectivity index (χ4v) is 4.89. The molecule has 0 bridgehead atoms. The Balaban J connectivity index is 1.87. The molecule has 6 heteroatoms. The van der Waals surface area contributed by atoms with Gasteiger partial charge in [-0.3, -0.25) is 5.41 Å². The van der Waals surface area contributed by atoms with Crippen molar-refractivity contribution in [3.05, 3.63) is 63.3 Å². The van der Waals surface area contributed by atoms with Crippen LogP contribution in [0.15, 0.2) is 35.5 Å². The summed E-state index contributed by atoms with van der Waals surface area (Å²) in [7, 11) is 0. The molecule has 1 aromatic carbocycles. The van der Waals surface area contributed by atoms with Gasteiger partial charge in [0, 0.05) is 29.2 Å². The molecule has 3 rings (SSSR count). The van der Waals surface area contributed by atoms with E-state index < -0.39 is 5.60 Å². The van der Waals surface area contributed by atoms with E-state index in [1.807, 2.05) is 6.92 Å². The molecule has 194 valence electrons. The molecule has 0 radical (unpaired) electrons. The van der Waals surface area contributed by atoms with Gasteiger partial charge in [-0.1, -0.05) is 44.2 Å². The van der Waals surface area contributed by atoms with Crippen LogP contribution < -0.4 is 15.9 Å². The average molecular weight is 491 g/mol. The van der Waals surface area contributed by atoms with Crippen LogP contribution in [0, 0.1) is 18.3 Å². The first kappa shape index (κ1) is 27.5. The van der Waals surface area contributed by atoms with Gasteiger partial charge < -0.3 is 20.5 Å². The third-order valence-electron chi connectivity index (χ3n) is 6.94. The first-order chi connectivity index (χ1) is 17.0. The van der Waals surface area contributed by atoms with Gasteiger partial charge in [0.15, 0.2) is 5.88 Å². The van der Waals surface area contributed by atoms with Gasteiger partial charge in [-0.25, -0.2) is 4.99 Å². The molecule has 2 unspecified atom stereocenters. The zero-order valence-corrected chi connectivity index (χ0v) is 22.6. The van der Waals surface area contributed by atoms with Crippen molar-refractivity contribution in [3.8, 4) is 5.88 Å². The van der Waals surface area contributed by atoms with Crippen LogP contribution in [-0.2, 0) is 6.42 Å². The molecule has 1 aliphatic carbocycles. The molecule has 0 saturated carbocycles. The molecule has 0 amide bonds. The summed E-state index contributed by atoms with van der Waals surface area (Å²) < 4.78 is 0. The van der Waals surface area contributed by atoms with Crippen molar-refractivity contribution in [1.82, 2.24) is 10.3 Å². The summed E-state index contributed by atoms with van der Waals surface area (Å²) in [6.45, 7) is 12.7. The van der Waals surface area contributed by atoms with Crippen molar-refractivity contribution >= 4 is 23.7 Å². The Hall–Kier alpha value is -3.12. The minimum absolute atomic E-state index is 0.0878. The lowest BCUT2D eigenvalue weighted by molar-refractivity contribution is 0.0691. The lowest BCUT2D eigenvalue weighted by atomic mass is 9.78. The van der Waals surface area contributed by atoms with Crippen molar-refractivity contribution in [1.29, 1.82) is 5.41 Å². The maximum atomic E-state index is 10.8. The summed E-state index contributed by atoms with van der Waals surface area (Å²) in [6, 6.07) is 6.72. The summed E-state index contributed by atoms with van der Waals surface area (Å²) in [4.78, 5) is 7.58. The van der Waals surface area contributed by atoms with E-state index in [-0.39, 0.29) is 17.6 Å². The fourth-order valence-electron chi connectivity index (χ4n) is 4.89. The van der Waals surface area contributed by atoms with Crippen LogP contribution in [0.5, 0.6) is 5.88 Å². The Labute approximate surface area is 215 Å². The number of H-pyrrole nitrogens is 1. The van der Waals surface area contributed by atoms with Gasteiger partial charge in [0.2, 0.25) is 0 Å². The molecular formula is C30H42N4O2. The Morgan fingerprint density at radius 1 is 1.25 bits per heavy atom. The number of nitrogens with zero attached hydrogens (tertiary/aromatic N) is 1. The highest BCUT2D eigenvalue weighted by atomic mass is 16.3. The van der Waals surface area contributed by atoms with Crippen molar-refractivity contribution < 1.29 is 10.2 Å². The highest BCUT2D eigenvalue weighted by Gasteiger charge is 2.25. The van der Waals surface area contributed by atoms with Crippen LogP contribution in [-0.4, -0.2) is 38.9 Å². The molecule has 5 N–H and O–H groups in total. The molecule has 1 heterocycles. The van der Waals surface area contributed by atoms with Gasteiger partial charge in [0.1, 0.15) is 5.84 Å². The minimum atomic E-state index is -0.667. The largest absolute Gasteiger partial charge is 0.494 e. The molecule has 0 fully saturated rings. The van der Waals surface area contributed by atoms with E-state index in [0.717, 1.165) is 29.8 Å². The summed E-state index contributed by atoms with van der Waals surface area (Å²) in [5.41, 5.74) is 4.52. The number of fused-ring (bicyclic) bond motifs is 1. The predicted molar refractivity (Wildman–Crippen MR) is 150 cm³/mol. The van der Waals surface area contributed by atoms with E-state index in [1.54, 1.807) is 26.1 Å². The van der Waals surface area contributed by atoms with Gasteiger partial charge in [0.05, 0.1) is 16.9 Å². The second kappa shape index (κ2) is 11.7. The first-order valence-electron chi connectivity index (χ1n) is 13.0. The lowest BCUT2D eigenvalue weighted by Gasteiger charge is -2.25. The van der Waals surface area contributed by atoms with Gasteiger partial charge in [-0.2, -0.15) is 0 Å². The third-order valence-corrected chi connectivity index (χ3v) is 6.94. The molecule has 2 atom stereocenters. The molecule has 2 aromatic rings. The number of aromatic amines is 1. The van der Waals surface area contributed by atoms with Crippen LogP contribution >= 0.6 is 0 Å². The van der Waals surface area contributed by atoms with Crippen LogP contribution in [0.1, 0.15) is 82.1 Å². The van der Waals surface area contributed by atoms with Crippen molar-refractivity contribution in [2.75, 3.05) is 6.54 Å². The Bertz CT molecular complexity index is 1260. The second-order valence-corrected chi connectivity index (χ2v) is 10.4. The number of aryl methyl sites for hydroxylation is 2. The smallest absolute Gasteiger partial charge is 0.198 e. The highest BCUT2D eigenvalue weighted by molar-refractivity contribution is 6.09. The molecule has 1 aliphatic rings. The molecule has 0 saturated heterocycles. The molecule has 6 nitrogen and oxygen atoms in total. The molecular weight excluding hydrogens is 448 g/mol. The van der Waals surface area contributed by atoms with Crippen molar-refractivity contribution in [3.63, 3.8) is 0 Å². The molecule has 36 heavy (non-hydrogen) atoms. The van der Waals surface area contributed by atoms with Gasteiger partial charge in [-0.15, -0.1) is 0 Å². The summed E-state index contributed by atoms with van der Waals surface area (Å²) in [6.07, 6.45) is 11.3. The number of aliphatic hydroxyl groups is 1. The van der Waals surface area contributed by atoms with Crippen LogP contribution in [0.2, 0.25) is 0 Å². The molecule has 0 aliphatic heterocycles. The highest BCUT2D eigenvalue weighted by Crippen LogP contribution is 2.34. The van der Waals surface area contributed by atoms with E-state index in [4.69, 9.17) is 5.41 Å². The summed E-state index contributed by atoms with van der Waals surface area (Å²) in [5.74, 6) is 0.731. The topological polar surface area (TPSA) is 104 Å². The number of aromatic hydroxyl groups is 1. The number of rotatable bonds is 10. The predicted octanol–water partition coefficient (Wildman–Crippen LogP) is 4.42. The van der Waals surface area contributed by atoms with E-state index in [2.05, 4.69) is 66.4 Å². The minimum Gasteiger partial charge on any atom is -0.494 e. The monoisotopic (exact) mass is 490 g/mol. The van der Waals surface area contributed by atoms with Gasteiger partial charge >= 0.3 is 0 Å². The van der Waals surface area contributed by atoms with E-state index >= 15 is 0 Å². The SMILES string of the molecule is CCc1ccc(C)c(C2C=c3c(C(C)=NC(=N)/C=C\NCCCC(C)(C)O)c(O)[nH]c3=CC2CC)c1. The standard InChI is InChI=1S/C30H42N4O2/c1-7-21-11-10-19(3)23(16-21)24-18-25-26(17-22(24)8-2)34-29(35)28(25)20(4)33-27(31)12-15-32-14-9-13-30(5,6)36/h10-12,15-18,22,24,31-32,34-36H,7-9,13-14H2,1-6H3/b15-12-,31-27?,33-20?. The van der Waals surface area contributed by atoms with Gasteiger partial charge in [-0.05, 0) is 82.1 Å². The fraction of sp³-hybridized carbons (Fsp3) is 0.467. The first-order valence-corrected chi connectivity index (χ1v) is 13.0. The maximum absolute atomic E-state index is 10.8. The normalized spacial score (nSPS) is 18.0. The average Bonchev–Trinajstić information content (AvgIpc) is 3.14. The van der Waals surface area contributed by atoms with Crippen molar-refractivity contribution in [2.45, 2.75) is 78.7 Å². The zero-order chi connectivity index (χ0) is 26.5. The summed E-state index contributed by atoms with van der Waals surface area (Å²) in [5, 5.41) is 33.8. The number of aromatic nitrogens is 1. The second-order valence-electron chi connectivity index (χ2n) is 10.4. The van der Waals surface area contributed by atoms with E-state index in [0.29, 0.717) is 30.2 Å². The van der Waals surface area contributed by atoms with Crippen molar-refractivity contribution in [2.24, 2.45) is 10.9 Å². The third kappa shape index (κ3) is 6.76. The van der Waals surface area contributed by atoms with E-state index in [9.17, 15) is 10.2 Å². The summed E-state index contributed by atoms with van der Waals surface area (Å²) >= 11 is 0. The van der Waals surface area contributed by atoms with Crippen LogP contribution in [0.3, 0.4) is 0 Å². The quantitative estimate of drug-likeness (QED) is 0.193. The number of nitrogens with one attached hydrogen (secondary N) is 3. The number of benzene rings is 1. The lowest BCUT2D eigenvalue weighted by Crippen LogP contribution is -2.34. The molecule has 0 spiro atoms. The number of amidine groups is 1. The Kier molecular flexibility index (Phi) is 8.96. The Morgan fingerprint density at radius 3 is 2.67 bits per heavy atom. The number of hydrogen-bond acceptors (Lipinski definition) is 4. The van der Waals surface area contributed by atoms with Gasteiger partial charge in [0.25, 0.3) is 0 Å². The zero-order valence-electron chi connectivity index (χ0n) is 22.6.